The minimum atomic E-state index is 0. The Hall–Kier alpha value is -0.320. The minimum Gasteiger partial charge on any atom is -0.376 e. The lowest BCUT2D eigenvalue weighted by molar-refractivity contribution is -0.125. The molecular weight excluding hydrogens is 264 g/mol. The van der Waals surface area contributed by atoms with Gasteiger partial charge in [-0.1, -0.05) is 19.3 Å². The van der Waals surface area contributed by atoms with Gasteiger partial charge in [0.2, 0.25) is 5.91 Å². The van der Waals surface area contributed by atoms with Crippen molar-refractivity contribution in [1.82, 2.24) is 10.6 Å². The Morgan fingerprint density at radius 3 is 2.63 bits per heavy atom. The number of piperidine rings is 1. The molecule has 0 aromatic rings. The van der Waals surface area contributed by atoms with Gasteiger partial charge >= 0.3 is 0 Å². The molecule has 1 aliphatic heterocycles. The standard InChI is InChI=1S/C14H26N2O2.ClH/c17-14(12-5-4-8-15-11-12)16-9-10-18-13-6-2-1-3-7-13;/h12-13,15H,1-11H2,(H,16,17);1H/t12-;/m1./s1. The highest BCUT2D eigenvalue weighted by Crippen LogP contribution is 2.19. The second-order valence-electron chi connectivity index (χ2n) is 5.47. The molecule has 1 aliphatic carbocycles. The Labute approximate surface area is 122 Å². The fourth-order valence-corrected chi connectivity index (χ4v) is 2.85. The zero-order chi connectivity index (χ0) is 12.6. The second kappa shape index (κ2) is 9.56. The van der Waals surface area contributed by atoms with E-state index in [0.29, 0.717) is 19.3 Å². The Morgan fingerprint density at radius 1 is 1.16 bits per heavy atom. The lowest BCUT2D eigenvalue weighted by Crippen LogP contribution is -2.41. The first-order valence-electron chi connectivity index (χ1n) is 7.46. The number of carbonyl (C=O) groups is 1. The van der Waals surface area contributed by atoms with Crippen molar-refractivity contribution < 1.29 is 9.53 Å². The van der Waals surface area contributed by atoms with Crippen LogP contribution in [-0.4, -0.2) is 38.3 Å². The maximum Gasteiger partial charge on any atom is 0.224 e. The fraction of sp³-hybridized carbons (Fsp3) is 0.929. The van der Waals surface area contributed by atoms with Crippen LogP contribution >= 0.6 is 12.4 Å². The van der Waals surface area contributed by atoms with Gasteiger partial charge in [0.25, 0.3) is 0 Å². The average Bonchev–Trinajstić information content (AvgIpc) is 2.45. The van der Waals surface area contributed by atoms with Gasteiger partial charge in [0.15, 0.2) is 0 Å². The molecule has 0 aromatic carbocycles. The molecule has 2 aliphatic rings. The number of ether oxygens (including phenoxy) is 1. The van der Waals surface area contributed by atoms with Crippen molar-refractivity contribution in [2.75, 3.05) is 26.2 Å². The number of hydrogen-bond acceptors (Lipinski definition) is 3. The van der Waals surface area contributed by atoms with E-state index in [-0.39, 0.29) is 24.2 Å². The lowest BCUT2D eigenvalue weighted by atomic mass is 9.98. The van der Waals surface area contributed by atoms with Crippen LogP contribution in [0.1, 0.15) is 44.9 Å². The predicted molar refractivity (Wildman–Crippen MR) is 78.7 cm³/mol. The molecular formula is C14H27ClN2O2. The molecule has 1 atom stereocenters. The van der Waals surface area contributed by atoms with E-state index in [1.165, 1.54) is 32.1 Å². The van der Waals surface area contributed by atoms with Gasteiger partial charge in [0.05, 0.1) is 18.6 Å². The summed E-state index contributed by atoms with van der Waals surface area (Å²) in [7, 11) is 0. The first kappa shape index (κ1) is 16.7. The summed E-state index contributed by atoms with van der Waals surface area (Å²) < 4.78 is 5.79. The van der Waals surface area contributed by atoms with Gasteiger partial charge < -0.3 is 15.4 Å². The van der Waals surface area contributed by atoms with Crippen molar-refractivity contribution in [2.45, 2.75) is 51.0 Å². The highest BCUT2D eigenvalue weighted by molar-refractivity contribution is 5.85. The maximum absolute atomic E-state index is 11.8. The summed E-state index contributed by atoms with van der Waals surface area (Å²) in [5.74, 6) is 0.350. The summed E-state index contributed by atoms with van der Waals surface area (Å²) in [6.07, 6.45) is 8.90. The van der Waals surface area contributed by atoms with Gasteiger partial charge in [-0.25, -0.2) is 0 Å². The smallest absolute Gasteiger partial charge is 0.224 e. The number of hydrogen-bond donors (Lipinski definition) is 2. The van der Waals surface area contributed by atoms with E-state index in [1.54, 1.807) is 0 Å². The maximum atomic E-state index is 11.8. The zero-order valence-electron chi connectivity index (χ0n) is 11.7. The normalized spacial score (nSPS) is 24.5. The van der Waals surface area contributed by atoms with Crippen molar-refractivity contribution >= 4 is 18.3 Å². The van der Waals surface area contributed by atoms with Gasteiger partial charge in [-0.05, 0) is 32.2 Å². The lowest BCUT2D eigenvalue weighted by Gasteiger charge is -2.23. The molecule has 0 radical (unpaired) electrons. The summed E-state index contributed by atoms with van der Waals surface area (Å²) in [6, 6.07) is 0. The van der Waals surface area contributed by atoms with Crippen LogP contribution in [0.3, 0.4) is 0 Å². The van der Waals surface area contributed by atoms with E-state index >= 15 is 0 Å². The molecule has 1 saturated heterocycles. The predicted octanol–water partition coefficient (Wildman–Crippen LogP) is 1.87. The van der Waals surface area contributed by atoms with Gasteiger partial charge in [0, 0.05) is 13.1 Å². The Morgan fingerprint density at radius 2 is 1.95 bits per heavy atom. The van der Waals surface area contributed by atoms with Crippen LogP contribution in [0.2, 0.25) is 0 Å². The molecule has 2 N–H and O–H groups in total. The molecule has 4 nitrogen and oxygen atoms in total. The third kappa shape index (κ3) is 6.11. The summed E-state index contributed by atoms with van der Waals surface area (Å²) >= 11 is 0. The Kier molecular flexibility index (Phi) is 8.42. The molecule has 19 heavy (non-hydrogen) atoms. The van der Waals surface area contributed by atoms with Crippen molar-refractivity contribution in [3.05, 3.63) is 0 Å². The molecule has 0 spiro atoms. The van der Waals surface area contributed by atoms with Crippen LogP contribution in [0.25, 0.3) is 0 Å². The van der Waals surface area contributed by atoms with E-state index in [0.717, 1.165) is 25.9 Å². The molecule has 112 valence electrons. The van der Waals surface area contributed by atoms with E-state index in [9.17, 15) is 4.79 Å². The topological polar surface area (TPSA) is 50.4 Å². The van der Waals surface area contributed by atoms with E-state index in [2.05, 4.69) is 10.6 Å². The van der Waals surface area contributed by atoms with E-state index in [4.69, 9.17) is 4.74 Å². The Balaban J connectivity index is 0.00000180. The van der Waals surface area contributed by atoms with Crippen LogP contribution in [-0.2, 0) is 9.53 Å². The second-order valence-corrected chi connectivity index (χ2v) is 5.47. The van der Waals surface area contributed by atoms with E-state index in [1.807, 2.05) is 0 Å². The number of halogens is 1. The van der Waals surface area contributed by atoms with Crippen molar-refractivity contribution in [2.24, 2.45) is 5.92 Å². The Bertz CT molecular complexity index is 252. The quantitative estimate of drug-likeness (QED) is 0.760. The molecule has 1 saturated carbocycles. The van der Waals surface area contributed by atoms with Gasteiger partial charge in [0.1, 0.15) is 0 Å². The van der Waals surface area contributed by atoms with Crippen molar-refractivity contribution in [1.29, 1.82) is 0 Å². The van der Waals surface area contributed by atoms with E-state index < -0.39 is 0 Å². The summed E-state index contributed by atoms with van der Waals surface area (Å²) in [4.78, 5) is 11.8. The van der Waals surface area contributed by atoms with Gasteiger partial charge in [-0.15, -0.1) is 12.4 Å². The fourth-order valence-electron chi connectivity index (χ4n) is 2.85. The van der Waals surface area contributed by atoms with Crippen LogP contribution in [0.4, 0.5) is 0 Å². The monoisotopic (exact) mass is 290 g/mol. The minimum absolute atomic E-state index is 0. The summed E-state index contributed by atoms with van der Waals surface area (Å²) in [5, 5.41) is 6.25. The SMILES string of the molecule is Cl.O=C(NCCOC1CCCCC1)[C@@H]1CCCNC1. The number of rotatable bonds is 5. The summed E-state index contributed by atoms with van der Waals surface area (Å²) in [6.45, 7) is 3.20. The average molecular weight is 291 g/mol. The van der Waals surface area contributed by atoms with Crippen LogP contribution in [0.15, 0.2) is 0 Å². The molecule has 2 fully saturated rings. The zero-order valence-corrected chi connectivity index (χ0v) is 12.5. The first-order chi connectivity index (χ1) is 8.86. The largest absolute Gasteiger partial charge is 0.376 e. The van der Waals surface area contributed by atoms with Gasteiger partial charge in [-0.3, -0.25) is 4.79 Å². The number of nitrogens with one attached hydrogen (secondary N) is 2. The molecule has 2 rings (SSSR count). The van der Waals surface area contributed by atoms with Crippen LogP contribution < -0.4 is 10.6 Å². The molecule has 1 heterocycles. The molecule has 0 aromatic heterocycles. The van der Waals surface area contributed by atoms with Gasteiger partial charge in [-0.2, -0.15) is 0 Å². The molecule has 0 bridgehead atoms. The highest BCUT2D eigenvalue weighted by atomic mass is 35.5. The van der Waals surface area contributed by atoms with Crippen molar-refractivity contribution in [3.8, 4) is 0 Å². The van der Waals surface area contributed by atoms with Crippen LogP contribution in [0.5, 0.6) is 0 Å². The highest BCUT2D eigenvalue weighted by Gasteiger charge is 2.20. The van der Waals surface area contributed by atoms with Crippen LogP contribution in [0, 0.1) is 5.92 Å². The molecule has 1 amide bonds. The third-order valence-electron chi connectivity index (χ3n) is 3.97. The number of carbonyl (C=O) groups excluding carboxylic acids is 1. The summed E-state index contributed by atoms with van der Waals surface area (Å²) in [5.41, 5.74) is 0. The number of amides is 1. The third-order valence-corrected chi connectivity index (χ3v) is 3.97. The van der Waals surface area contributed by atoms with Crippen molar-refractivity contribution in [3.63, 3.8) is 0 Å². The first-order valence-corrected chi connectivity index (χ1v) is 7.46. The molecule has 5 heteroatoms. The molecule has 0 unspecified atom stereocenters.